The summed E-state index contributed by atoms with van der Waals surface area (Å²) in [7, 11) is 0. The van der Waals surface area contributed by atoms with Gasteiger partial charge in [0.15, 0.2) is 11.4 Å². The van der Waals surface area contributed by atoms with Crippen molar-refractivity contribution in [3.63, 3.8) is 0 Å². The van der Waals surface area contributed by atoms with Crippen LogP contribution in [-0.4, -0.2) is 39.9 Å². The molecule has 0 radical (unpaired) electrons. The second-order valence-corrected chi connectivity index (χ2v) is 5.70. The zero-order valence-corrected chi connectivity index (χ0v) is 12.9. The van der Waals surface area contributed by atoms with Crippen molar-refractivity contribution in [2.75, 3.05) is 13.2 Å². The number of aliphatic hydroxyl groups is 3. The van der Waals surface area contributed by atoms with Gasteiger partial charge in [0.1, 0.15) is 0 Å². The van der Waals surface area contributed by atoms with Crippen LogP contribution < -0.4 is 0 Å². The van der Waals surface area contributed by atoms with E-state index in [4.69, 9.17) is 10.2 Å². The van der Waals surface area contributed by atoms with Crippen molar-refractivity contribution in [3.05, 3.63) is 0 Å². The first-order valence-corrected chi connectivity index (χ1v) is 8.08. The van der Waals surface area contributed by atoms with E-state index in [-0.39, 0.29) is 6.42 Å². The zero-order valence-electron chi connectivity index (χ0n) is 12.9. The number of carbonyl (C=O) groups excluding carboxylic acids is 1. The first kappa shape index (κ1) is 19.6. The highest BCUT2D eigenvalue weighted by molar-refractivity contribution is 5.87. The maximum Gasteiger partial charge on any atom is 0.169 e. The molecule has 0 fully saturated rings. The summed E-state index contributed by atoms with van der Waals surface area (Å²) >= 11 is 0. The molecule has 0 aliphatic rings. The van der Waals surface area contributed by atoms with Gasteiger partial charge in [-0.1, -0.05) is 64.7 Å². The van der Waals surface area contributed by atoms with E-state index in [1.54, 1.807) is 0 Å². The molecule has 20 heavy (non-hydrogen) atoms. The normalized spacial score (nSPS) is 11.8. The number of aliphatic hydroxyl groups excluding tert-OH is 2. The Morgan fingerprint density at radius 2 is 1.20 bits per heavy atom. The van der Waals surface area contributed by atoms with Crippen LogP contribution >= 0.6 is 0 Å². The highest BCUT2D eigenvalue weighted by Gasteiger charge is 2.33. The molecule has 0 atom stereocenters. The first-order chi connectivity index (χ1) is 9.60. The summed E-state index contributed by atoms with van der Waals surface area (Å²) in [5.74, 6) is -0.456. The third-order valence-corrected chi connectivity index (χ3v) is 3.80. The third-order valence-electron chi connectivity index (χ3n) is 3.80. The van der Waals surface area contributed by atoms with Gasteiger partial charge in [-0.15, -0.1) is 0 Å². The van der Waals surface area contributed by atoms with Gasteiger partial charge in [0, 0.05) is 6.42 Å². The van der Waals surface area contributed by atoms with Crippen LogP contribution in [-0.2, 0) is 4.79 Å². The van der Waals surface area contributed by atoms with Crippen molar-refractivity contribution in [1.29, 1.82) is 0 Å². The molecule has 0 saturated heterocycles. The van der Waals surface area contributed by atoms with Crippen LogP contribution in [0.1, 0.15) is 77.6 Å². The lowest BCUT2D eigenvalue weighted by molar-refractivity contribution is -0.146. The van der Waals surface area contributed by atoms with Gasteiger partial charge in [0.2, 0.25) is 0 Å². The fraction of sp³-hybridized carbons (Fsp3) is 0.938. The van der Waals surface area contributed by atoms with Gasteiger partial charge in [-0.3, -0.25) is 4.79 Å². The van der Waals surface area contributed by atoms with Crippen LogP contribution in [0.4, 0.5) is 0 Å². The van der Waals surface area contributed by atoms with Gasteiger partial charge in [0.05, 0.1) is 13.2 Å². The van der Waals surface area contributed by atoms with Crippen molar-refractivity contribution in [3.8, 4) is 0 Å². The van der Waals surface area contributed by atoms with Crippen molar-refractivity contribution in [1.82, 2.24) is 0 Å². The predicted molar refractivity (Wildman–Crippen MR) is 80.6 cm³/mol. The molecule has 0 unspecified atom stereocenters. The number of hydrogen-bond acceptors (Lipinski definition) is 4. The van der Waals surface area contributed by atoms with E-state index in [9.17, 15) is 9.90 Å². The van der Waals surface area contributed by atoms with Gasteiger partial charge >= 0.3 is 0 Å². The highest BCUT2D eigenvalue weighted by Crippen LogP contribution is 2.14. The fourth-order valence-corrected chi connectivity index (χ4v) is 2.23. The van der Waals surface area contributed by atoms with E-state index in [1.165, 1.54) is 44.9 Å². The Balaban J connectivity index is 3.42. The number of Topliss-reactive ketones (excluding diaryl/α,β-unsaturated/α-hetero) is 1. The number of hydrogen-bond donors (Lipinski definition) is 3. The maximum atomic E-state index is 11.6. The molecule has 0 aromatic heterocycles. The van der Waals surface area contributed by atoms with Gasteiger partial charge in [-0.2, -0.15) is 0 Å². The molecular weight excluding hydrogens is 256 g/mol. The van der Waals surface area contributed by atoms with E-state index >= 15 is 0 Å². The Labute approximate surface area is 123 Å². The molecule has 0 aromatic carbocycles. The molecule has 0 bridgehead atoms. The summed E-state index contributed by atoms with van der Waals surface area (Å²) in [5.41, 5.74) is -1.95. The topological polar surface area (TPSA) is 77.8 Å². The zero-order chi connectivity index (χ0) is 15.3. The van der Waals surface area contributed by atoms with Gasteiger partial charge in [0.25, 0.3) is 0 Å². The predicted octanol–water partition coefficient (Wildman–Crippen LogP) is 2.58. The molecule has 120 valence electrons. The van der Waals surface area contributed by atoms with Crippen LogP contribution in [0.2, 0.25) is 0 Å². The summed E-state index contributed by atoms with van der Waals surface area (Å²) in [6.45, 7) is 0.802. The van der Waals surface area contributed by atoms with Crippen molar-refractivity contribution in [2.24, 2.45) is 0 Å². The minimum absolute atomic E-state index is 0.230. The standard InChI is InChI=1S/C16H32O4/c1-2-3-4-5-6-7-8-9-10-11-12-15(19)16(20,13-17)14-18/h17-18,20H,2-14H2,1H3. The maximum absolute atomic E-state index is 11.6. The van der Waals surface area contributed by atoms with Crippen LogP contribution in [0, 0.1) is 0 Å². The van der Waals surface area contributed by atoms with E-state index in [1.807, 2.05) is 0 Å². The van der Waals surface area contributed by atoms with Crippen molar-refractivity contribution >= 4 is 5.78 Å². The van der Waals surface area contributed by atoms with E-state index < -0.39 is 24.6 Å². The van der Waals surface area contributed by atoms with Crippen LogP contribution in [0.3, 0.4) is 0 Å². The fourth-order valence-electron chi connectivity index (χ4n) is 2.23. The lowest BCUT2D eigenvalue weighted by Gasteiger charge is -2.21. The monoisotopic (exact) mass is 288 g/mol. The minimum Gasteiger partial charge on any atom is -0.393 e. The molecule has 0 aliphatic heterocycles. The van der Waals surface area contributed by atoms with Gasteiger partial charge in [-0.05, 0) is 6.42 Å². The summed E-state index contributed by atoms with van der Waals surface area (Å²) in [6.07, 6.45) is 12.1. The number of ketones is 1. The molecule has 0 rings (SSSR count). The van der Waals surface area contributed by atoms with Crippen molar-refractivity contribution < 1.29 is 20.1 Å². The van der Waals surface area contributed by atoms with Crippen LogP contribution in [0.15, 0.2) is 0 Å². The minimum atomic E-state index is -1.95. The third kappa shape index (κ3) is 8.67. The van der Waals surface area contributed by atoms with Crippen LogP contribution in [0.25, 0.3) is 0 Å². The van der Waals surface area contributed by atoms with E-state index in [0.717, 1.165) is 19.3 Å². The van der Waals surface area contributed by atoms with E-state index in [0.29, 0.717) is 0 Å². The molecule has 3 N–H and O–H groups in total. The second kappa shape index (κ2) is 12.3. The molecular formula is C16H32O4. The first-order valence-electron chi connectivity index (χ1n) is 8.08. The number of unbranched alkanes of at least 4 members (excludes halogenated alkanes) is 9. The Bertz CT molecular complexity index is 237. The summed E-state index contributed by atoms with van der Waals surface area (Å²) in [6, 6.07) is 0. The number of carbonyl (C=O) groups is 1. The van der Waals surface area contributed by atoms with Gasteiger partial charge in [-0.25, -0.2) is 0 Å². The summed E-state index contributed by atoms with van der Waals surface area (Å²) in [4.78, 5) is 11.6. The number of rotatable bonds is 14. The molecule has 0 aliphatic carbocycles. The smallest absolute Gasteiger partial charge is 0.169 e. The lowest BCUT2D eigenvalue weighted by atomic mass is 9.95. The molecule has 0 saturated carbocycles. The molecule has 0 aromatic rings. The highest BCUT2D eigenvalue weighted by atomic mass is 16.4. The summed E-state index contributed by atoms with van der Waals surface area (Å²) < 4.78 is 0. The average Bonchev–Trinajstić information content (AvgIpc) is 2.48. The summed E-state index contributed by atoms with van der Waals surface area (Å²) in [5, 5.41) is 27.4. The Morgan fingerprint density at radius 1 is 0.800 bits per heavy atom. The van der Waals surface area contributed by atoms with Gasteiger partial charge < -0.3 is 15.3 Å². The molecule has 0 amide bonds. The molecule has 4 nitrogen and oxygen atoms in total. The second-order valence-electron chi connectivity index (χ2n) is 5.70. The SMILES string of the molecule is CCCCCCCCCCCCC(=O)C(O)(CO)CO. The van der Waals surface area contributed by atoms with Crippen LogP contribution in [0.5, 0.6) is 0 Å². The Hall–Kier alpha value is -0.450. The Kier molecular flexibility index (Phi) is 12.0. The lowest BCUT2D eigenvalue weighted by Crippen LogP contribution is -2.45. The Morgan fingerprint density at radius 3 is 1.60 bits per heavy atom. The largest absolute Gasteiger partial charge is 0.393 e. The average molecular weight is 288 g/mol. The quantitative estimate of drug-likeness (QED) is 0.429. The molecule has 0 spiro atoms. The molecule has 0 heterocycles. The van der Waals surface area contributed by atoms with Crippen molar-refractivity contribution in [2.45, 2.75) is 83.2 Å². The molecule has 4 heteroatoms. The van der Waals surface area contributed by atoms with E-state index in [2.05, 4.69) is 6.92 Å².